The van der Waals surface area contributed by atoms with Crippen LogP contribution >= 0.6 is 0 Å². The number of pyridine rings is 1. The molecule has 2 rings (SSSR count). The lowest BCUT2D eigenvalue weighted by Crippen LogP contribution is -2.33. The second-order valence-electron chi connectivity index (χ2n) is 6.42. The first-order valence-electron chi connectivity index (χ1n) is 7.56. The molecule has 22 heavy (non-hydrogen) atoms. The Kier molecular flexibility index (Phi) is 5.00. The van der Waals surface area contributed by atoms with Crippen LogP contribution in [0.15, 0.2) is 18.3 Å². The SMILES string of the molecule is CC(C)(C)OC(=O)Nc1ncccc1[C@H]1CCCCN1C=O. The van der Waals surface area contributed by atoms with Crippen LogP contribution < -0.4 is 5.32 Å². The van der Waals surface area contributed by atoms with E-state index < -0.39 is 11.7 Å². The summed E-state index contributed by atoms with van der Waals surface area (Å²) in [5.74, 6) is 0.454. The third-order valence-corrected chi connectivity index (χ3v) is 3.50. The summed E-state index contributed by atoms with van der Waals surface area (Å²) in [6.45, 7) is 6.15. The van der Waals surface area contributed by atoms with Gasteiger partial charge < -0.3 is 9.64 Å². The quantitative estimate of drug-likeness (QED) is 0.871. The summed E-state index contributed by atoms with van der Waals surface area (Å²) >= 11 is 0. The Balaban J connectivity index is 2.19. The van der Waals surface area contributed by atoms with Crippen LogP contribution in [0.25, 0.3) is 0 Å². The summed E-state index contributed by atoms with van der Waals surface area (Å²) in [6, 6.07) is 3.66. The molecule has 0 aliphatic carbocycles. The Morgan fingerprint density at radius 3 is 2.91 bits per heavy atom. The van der Waals surface area contributed by atoms with Crippen molar-refractivity contribution in [2.45, 2.75) is 51.7 Å². The van der Waals surface area contributed by atoms with E-state index in [2.05, 4.69) is 10.3 Å². The number of hydrogen-bond acceptors (Lipinski definition) is 4. The van der Waals surface area contributed by atoms with Crippen molar-refractivity contribution in [2.24, 2.45) is 0 Å². The summed E-state index contributed by atoms with van der Waals surface area (Å²) < 4.78 is 5.26. The maximum atomic E-state index is 12.0. The van der Waals surface area contributed by atoms with Crippen molar-refractivity contribution in [3.05, 3.63) is 23.9 Å². The topological polar surface area (TPSA) is 71.5 Å². The first kappa shape index (κ1) is 16.3. The van der Waals surface area contributed by atoms with Gasteiger partial charge in [-0.1, -0.05) is 6.07 Å². The Morgan fingerprint density at radius 1 is 1.45 bits per heavy atom. The highest BCUT2D eigenvalue weighted by Gasteiger charge is 2.26. The maximum Gasteiger partial charge on any atom is 0.413 e. The van der Waals surface area contributed by atoms with E-state index in [1.54, 1.807) is 31.9 Å². The van der Waals surface area contributed by atoms with E-state index in [-0.39, 0.29) is 6.04 Å². The van der Waals surface area contributed by atoms with E-state index in [4.69, 9.17) is 4.74 Å². The zero-order valence-electron chi connectivity index (χ0n) is 13.3. The first-order chi connectivity index (χ1) is 10.4. The molecule has 0 unspecified atom stereocenters. The lowest BCUT2D eigenvalue weighted by Gasteiger charge is -2.33. The molecular formula is C16H23N3O3. The van der Waals surface area contributed by atoms with Gasteiger partial charge in [-0.3, -0.25) is 10.1 Å². The largest absolute Gasteiger partial charge is 0.444 e. The molecule has 0 bridgehead atoms. The summed E-state index contributed by atoms with van der Waals surface area (Å²) in [5.41, 5.74) is 0.277. The predicted molar refractivity (Wildman–Crippen MR) is 83.5 cm³/mol. The third-order valence-electron chi connectivity index (χ3n) is 3.50. The molecule has 0 saturated carbocycles. The van der Waals surface area contributed by atoms with E-state index in [0.717, 1.165) is 37.8 Å². The van der Waals surface area contributed by atoms with Gasteiger partial charge in [0.25, 0.3) is 0 Å². The van der Waals surface area contributed by atoms with Gasteiger partial charge in [0.15, 0.2) is 0 Å². The molecule has 1 N–H and O–H groups in total. The minimum atomic E-state index is -0.571. The lowest BCUT2D eigenvalue weighted by atomic mass is 9.96. The number of anilines is 1. The van der Waals surface area contributed by atoms with Crippen LogP contribution in [0.3, 0.4) is 0 Å². The minimum Gasteiger partial charge on any atom is -0.444 e. The monoisotopic (exact) mass is 305 g/mol. The Labute approximate surface area is 130 Å². The van der Waals surface area contributed by atoms with Gasteiger partial charge in [0.05, 0.1) is 6.04 Å². The lowest BCUT2D eigenvalue weighted by molar-refractivity contribution is -0.121. The van der Waals surface area contributed by atoms with Crippen LogP contribution in [0.5, 0.6) is 0 Å². The van der Waals surface area contributed by atoms with Crippen molar-refractivity contribution >= 4 is 18.3 Å². The number of piperidine rings is 1. The molecule has 1 fully saturated rings. The fraction of sp³-hybridized carbons (Fsp3) is 0.562. The second kappa shape index (κ2) is 6.77. The van der Waals surface area contributed by atoms with Gasteiger partial charge in [-0.15, -0.1) is 0 Å². The molecule has 1 aromatic heterocycles. The number of likely N-dealkylation sites (tertiary alicyclic amines) is 1. The molecular weight excluding hydrogens is 282 g/mol. The van der Waals surface area contributed by atoms with Crippen LogP contribution in [0, 0.1) is 0 Å². The van der Waals surface area contributed by atoms with Crippen molar-refractivity contribution in [3.8, 4) is 0 Å². The number of carbonyl (C=O) groups excluding carboxylic acids is 2. The zero-order valence-corrected chi connectivity index (χ0v) is 13.3. The van der Waals surface area contributed by atoms with Crippen molar-refractivity contribution < 1.29 is 14.3 Å². The number of nitrogens with zero attached hydrogens (tertiary/aromatic N) is 2. The predicted octanol–water partition coefficient (Wildman–Crippen LogP) is 3.11. The average molecular weight is 305 g/mol. The van der Waals surface area contributed by atoms with Gasteiger partial charge in [0.2, 0.25) is 6.41 Å². The smallest absolute Gasteiger partial charge is 0.413 e. The minimum absolute atomic E-state index is 0.0510. The Hall–Kier alpha value is -2.11. The summed E-state index contributed by atoms with van der Waals surface area (Å²) in [4.78, 5) is 29.2. The van der Waals surface area contributed by atoms with Gasteiger partial charge in [0, 0.05) is 18.3 Å². The normalized spacial score (nSPS) is 18.7. The highest BCUT2D eigenvalue weighted by molar-refractivity contribution is 5.84. The average Bonchev–Trinajstić information content (AvgIpc) is 2.46. The molecule has 0 radical (unpaired) electrons. The van der Waals surface area contributed by atoms with Gasteiger partial charge in [-0.2, -0.15) is 0 Å². The van der Waals surface area contributed by atoms with Gasteiger partial charge >= 0.3 is 6.09 Å². The van der Waals surface area contributed by atoms with E-state index >= 15 is 0 Å². The molecule has 0 spiro atoms. The van der Waals surface area contributed by atoms with Crippen molar-refractivity contribution in [1.82, 2.24) is 9.88 Å². The highest BCUT2D eigenvalue weighted by atomic mass is 16.6. The molecule has 120 valence electrons. The number of nitrogens with one attached hydrogen (secondary N) is 1. The van der Waals surface area contributed by atoms with Gasteiger partial charge in [0.1, 0.15) is 11.4 Å². The number of amides is 2. The molecule has 1 aromatic rings. The van der Waals surface area contributed by atoms with Crippen molar-refractivity contribution in [2.75, 3.05) is 11.9 Å². The molecule has 1 atom stereocenters. The fourth-order valence-electron chi connectivity index (χ4n) is 2.61. The van der Waals surface area contributed by atoms with E-state index in [1.807, 2.05) is 12.1 Å². The summed E-state index contributed by atoms with van der Waals surface area (Å²) in [7, 11) is 0. The van der Waals surface area contributed by atoms with Gasteiger partial charge in [-0.25, -0.2) is 9.78 Å². The van der Waals surface area contributed by atoms with Crippen LogP contribution in [0.4, 0.5) is 10.6 Å². The van der Waals surface area contributed by atoms with E-state index in [0.29, 0.717) is 5.82 Å². The van der Waals surface area contributed by atoms with Crippen molar-refractivity contribution in [1.29, 1.82) is 0 Å². The standard InChI is InChI=1S/C16H23N3O3/c1-16(2,3)22-15(21)18-14-12(7-6-9-17-14)13-8-4-5-10-19(13)11-20/h6-7,9,11,13H,4-5,8,10H2,1-3H3,(H,17,18,21)/t13-/m1/s1. The third kappa shape index (κ3) is 4.19. The van der Waals surface area contributed by atoms with Crippen LogP contribution in [0.1, 0.15) is 51.6 Å². The van der Waals surface area contributed by atoms with Gasteiger partial charge in [-0.05, 0) is 46.1 Å². The van der Waals surface area contributed by atoms with E-state index in [9.17, 15) is 9.59 Å². The summed E-state index contributed by atoms with van der Waals surface area (Å²) in [6.07, 6.45) is 4.87. The number of aromatic nitrogens is 1. The molecule has 1 saturated heterocycles. The van der Waals surface area contributed by atoms with Crippen molar-refractivity contribution in [3.63, 3.8) is 0 Å². The highest BCUT2D eigenvalue weighted by Crippen LogP contribution is 2.33. The second-order valence-corrected chi connectivity index (χ2v) is 6.42. The molecule has 0 aromatic carbocycles. The molecule has 1 aliphatic heterocycles. The van der Waals surface area contributed by atoms with Crippen LogP contribution in [-0.4, -0.2) is 34.5 Å². The number of hydrogen-bond donors (Lipinski definition) is 1. The fourth-order valence-corrected chi connectivity index (χ4v) is 2.61. The molecule has 2 amide bonds. The van der Waals surface area contributed by atoms with Crippen LogP contribution in [-0.2, 0) is 9.53 Å². The number of carbonyl (C=O) groups is 2. The molecule has 6 nitrogen and oxygen atoms in total. The molecule has 6 heteroatoms. The number of ether oxygens (including phenoxy) is 1. The summed E-state index contributed by atoms with van der Waals surface area (Å²) in [5, 5.41) is 2.69. The Bertz CT molecular complexity index is 540. The zero-order chi connectivity index (χ0) is 16.2. The molecule has 2 heterocycles. The molecule has 1 aliphatic rings. The Morgan fingerprint density at radius 2 is 2.23 bits per heavy atom. The van der Waals surface area contributed by atoms with Crippen LogP contribution in [0.2, 0.25) is 0 Å². The van der Waals surface area contributed by atoms with E-state index in [1.165, 1.54) is 0 Å². The maximum absolute atomic E-state index is 12.0. The first-order valence-corrected chi connectivity index (χ1v) is 7.56. The number of rotatable bonds is 3.